The maximum Gasteiger partial charge on any atom is 0.155 e. The molecule has 5 rings (SSSR count). The Kier molecular flexibility index (Phi) is 4.37. The van der Waals surface area contributed by atoms with E-state index in [1.54, 1.807) is 0 Å². The zero-order valence-corrected chi connectivity index (χ0v) is 13.9. The van der Waals surface area contributed by atoms with Gasteiger partial charge in [-0.1, -0.05) is 0 Å². The van der Waals surface area contributed by atoms with E-state index < -0.39 is 0 Å². The molecule has 5 aliphatic rings. The number of Topliss-reactive ketones (excluding diaryl/α,β-unsaturated/α-hetero) is 1. The average Bonchev–Trinajstić information content (AvgIpc) is 2.45. The number of ether oxygens (including phenoxy) is 1. The van der Waals surface area contributed by atoms with E-state index in [0.29, 0.717) is 5.78 Å². The van der Waals surface area contributed by atoms with Gasteiger partial charge in [-0.25, -0.2) is 0 Å². The van der Waals surface area contributed by atoms with Gasteiger partial charge in [0.15, 0.2) is 5.78 Å². The van der Waals surface area contributed by atoms with Crippen LogP contribution >= 0.6 is 12.4 Å². The van der Waals surface area contributed by atoms with Gasteiger partial charge in [-0.05, 0) is 63.2 Å². The molecule has 5 fully saturated rings. The van der Waals surface area contributed by atoms with Crippen LogP contribution in [0.2, 0.25) is 0 Å². The summed E-state index contributed by atoms with van der Waals surface area (Å²) in [5, 5.41) is 0. The van der Waals surface area contributed by atoms with Crippen LogP contribution < -0.4 is 0 Å². The molecule has 1 aliphatic heterocycles. The molecule has 21 heavy (non-hydrogen) atoms. The number of hydrogen-bond donors (Lipinski definition) is 0. The normalized spacial score (nSPS) is 43.4. The first-order valence-electron chi connectivity index (χ1n) is 8.52. The smallest absolute Gasteiger partial charge is 0.155 e. The first kappa shape index (κ1) is 15.8. The van der Waals surface area contributed by atoms with Gasteiger partial charge in [0.25, 0.3) is 0 Å². The Morgan fingerprint density at radius 1 is 1.05 bits per heavy atom. The monoisotopic (exact) mass is 313 g/mol. The largest absolute Gasteiger partial charge is 0.379 e. The van der Waals surface area contributed by atoms with E-state index in [-0.39, 0.29) is 23.9 Å². The number of hydrogen-bond acceptors (Lipinski definition) is 3. The number of nitrogens with zero attached hydrogens (tertiary/aromatic N) is 1. The summed E-state index contributed by atoms with van der Waals surface area (Å²) in [5.74, 6) is 3.16. The summed E-state index contributed by atoms with van der Waals surface area (Å²) in [5.41, 5.74) is 0.0620. The highest BCUT2D eigenvalue weighted by Crippen LogP contribution is 2.60. The van der Waals surface area contributed by atoms with Crippen LogP contribution in [0.15, 0.2) is 0 Å². The van der Waals surface area contributed by atoms with Crippen molar-refractivity contribution in [2.24, 2.45) is 23.2 Å². The fourth-order valence-electron chi connectivity index (χ4n) is 5.99. The second kappa shape index (κ2) is 5.82. The third-order valence-electron chi connectivity index (χ3n) is 6.53. The zero-order chi connectivity index (χ0) is 13.7. The standard InChI is InChI=1S/C17H27NO2.ClH/c1-12(18-2-4-20-5-3-18)16(19)17-9-13-6-14(10-17)8-15(7-13)11-17;/h12-15H,2-11H2,1H3;1H. The van der Waals surface area contributed by atoms with Crippen molar-refractivity contribution in [1.29, 1.82) is 0 Å². The van der Waals surface area contributed by atoms with Gasteiger partial charge in [0.05, 0.1) is 19.3 Å². The molecule has 4 heteroatoms. The topological polar surface area (TPSA) is 29.5 Å². The molecule has 0 amide bonds. The third kappa shape index (κ3) is 2.66. The van der Waals surface area contributed by atoms with Gasteiger partial charge < -0.3 is 4.74 Å². The molecule has 0 N–H and O–H groups in total. The second-order valence-electron chi connectivity index (χ2n) is 7.89. The molecule has 0 aromatic carbocycles. The summed E-state index contributed by atoms with van der Waals surface area (Å²) in [6, 6.07) is 0.107. The highest BCUT2D eigenvalue weighted by atomic mass is 35.5. The van der Waals surface area contributed by atoms with Gasteiger partial charge in [-0.15, -0.1) is 12.4 Å². The van der Waals surface area contributed by atoms with Gasteiger partial charge in [-0.2, -0.15) is 0 Å². The molecule has 1 atom stereocenters. The molecule has 4 saturated carbocycles. The lowest BCUT2D eigenvalue weighted by Crippen LogP contribution is -2.56. The summed E-state index contributed by atoms with van der Waals surface area (Å²) >= 11 is 0. The van der Waals surface area contributed by atoms with Crippen molar-refractivity contribution in [1.82, 2.24) is 4.90 Å². The van der Waals surface area contributed by atoms with Crippen molar-refractivity contribution in [3.8, 4) is 0 Å². The fourth-order valence-corrected chi connectivity index (χ4v) is 5.99. The number of carbonyl (C=O) groups is 1. The number of ketones is 1. The fraction of sp³-hybridized carbons (Fsp3) is 0.941. The molecule has 0 radical (unpaired) electrons. The lowest BCUT2D eigenvalue weighted by molar-refractivity contribution is -0.150. The molecule has 4 aliphatic carbocycles. The van der Waals surface area contributed by atoms with Crippen LogP contribution in [0.4, 0.5) is 0 Å². The van der Waals surface area contributed by atoms with E-state index in [0.717, 1.165) is 44.1 Å². The van der Waals surface area contributed by atoms with Crippen molar-refractivity contribution in [2.45, 2.75) is 51.5 Å². The Labute approximate surface area is 134 Å². The Hall–Kier alpha value is -0.120. The van der Waals surface area contributed by atoms with E-state index in [1.807, 2.05) is 0 Å². The number of carbonyl (C=O) groups excluding carboxylic acids is 1. The van der Waals surface area contributed by atoms with Gasteiger partial charge in [-0.3, -0.25) is 9.69 Å². The summed E-state index contributed by atoms with van der Waals surface area (Å²) < 4.78 is 5.43. The van der Waals surface area contributed by atoms with Crippen molar-refractivity contribution < 1.29 is 9.53 Å². The van der Waals surface area contributed by atoms with Crippen LogP contribution in [0.3, 0.4) is 0 Å². The number of morpholine rings is 1. The van der Waals surface area contributed by atoms with Crippen molar-refractivity contribution in [3.63, 3.8) is 0 Å². The molecule has 0 spiro atoms. The lowest BCUT2D eigenvalue weighted by Gasteiger charge is -2.57. The van der Waals surface area contributed by atoms with E-state index in [9.17, 15) is 4.79 Å². The highest BCUT2D eigenvalue weighted by molar-refractivity contribution is 5.90. The van der Waals surface area contributed by atoms with Gasteiger partial charge in [0, 0.05) is 18.5 Å². The first-order chi connectivity index (χ1) is 9.66. The van der Waals surface area contributed by atoms with E-state index in [4.69, 9.17) is 4.74 Å². The summed E-state index contributed by atoms with van der Waals surface area (Å²) in [7, 11) is 0. The summed E-state index contributed by atoms with van der Waals surface area (Å²) in [6.07, 6.45) is 7.85. The predicted molar refractivity (Wildman–Crippen MR) is 84.7 cm³/mol. The van der Waals surface area contributed by atoms with E-state index in [1.165, 1.54) is 38.5 Å². The Bertz CT molecular complexity index is 370. The van der Waals surface area contributed by atoms with Crippen LogP contribution in [-0.4, -0.2) is 43.0 Å². The van der Waals surface area contributed by atoms with Gasteiger partial charge >= 0.3 is 0 Å². The van der Waals surface area contributed by atoms with Crippen LogP contribution in [0, 0.1) is 23.2 Å². The Morgan fingerprint density at radius 2 is 1.52 bits per heavy atom. The van der Waals surface area contributed by atoms with Gasteiger partial charge in [0.2, 0.25) is 0 Å². The molecule has 1 unspecified atom stereocenters. The average molecular weight is 314 g/mol. The minimum absolute atomic E-state index is 0. The maximum atomic E-state index is 13.2. The van der Waals surface area contributed by atoms with E-state index in [2.05, 4.69) is 11.8 Å². The van der Waals surface area contributed by atoms with Crippen LogP contribution in [-0.2, 0) is 9.53 Å². The molecule has 0 aromatic rings. The minimum atomic E-state index is 0. The Morgan fingerprint density at radius 3 is 2.00 bits per heavy atom. The van der Waals surface area contributed by atoms with Crippen LogP contribution in [0.25, 0.3) is 0 Å². The lowest BCUT2D eigenvalue weighted by atomic mass is 9.48. The number of rotatable bonds is 3. The van der Waals surface area contributed by atoms with Crippen molar-refractivity contribution in [2.75, 3.05) is 26.3 Å². The highest BCUT2D eigenvalue weighted by Gasteiger charge is 2.55. The van der Waals surface area contributed by atoms with E-state index >= 15 is 0 Å². The molecule has 4 bridgehead atoms. The molecular weight excluding hydrogens is 286 g/mol. The SMILES string of the molecule is CC(C(=O)C12CC3CC(CC(C3)C1)C2)N1CCOCC1.Cl. The molecule has 120 valence electrons. The number of halogens is 1. The summed E-state index contributed by atoms with van der Waals surface area (Å²) in [6.45, 7) is 5.59. The van der Waals surface area contributed by atoms with Crippen molar-refractivity contribution >= 4 is 18.2 Å². The molecule has 1 heterocycles. The second-order valence-corrected chi connectivity index (χ2v) is 7.89. The first-order valence-corrected chi connectivity index (χ1v) is 8.52. The molecular formula is C17H28ClNO2. The molecule has 0 aromatic heterocycles. The quantitative estimate of drug-likeness (QED) is 0.802. The Balaban J connectivity index is 0.00000132. The maximum absolute atomic E-state index is 13.2. The molecule has 1 saturated heterocycles. The predicted octanol–water partition coefficient (Wildman–Crippen LogP) is 2.91. The van der Waals surface area contributed by atoms with Crippen LogP contribution in [0.5, 0.6) is 0 Å². The van der Waals surface area contributed by atoms with Crippen LogP contribution in [0.1, 0.15) is 45.4 Å². The molecule has 3 nitrogen and oxygen atoms in total. The van der Waals surface area contributed by atoms with Gasteiger partial charge in [0.1, 0.15) is 0 Å². The summed E-state index contributed by atoms with van der Waals surface area (Å²) in [4.78, 5) is 15.6. The third-order valence-corrected chi connectivity index (χ3v) is 6.53. The minimum Gasteiger partial charge on any atom is -0.379 e. The van der Waals surface area contributed by atoms with Crippen molar-refractivity contribution in [3.05, 3.63) is 0 Å². The zero-order valence-electron chi connectivity index (χ0n) is 13.1.